The molecule has 128 valence electrons. The highest BCUT2D eigenvalue weighted by Gasteiger charge is 2.26. The number of hydrogen-bond acceptors (Lipinski definition) is 3. The summed E-state index contributed by atoms with van der Waals surface area (Å²) in [7, 11) is 0. The molecular weight excluding hydrogens is 302 g/mol. The zero-order valence-corrected chi connectivity index (χ0v) is 14.2. The lowest BCUT2D eigenvalue weighted by Gasteiger charge is -2.28. The quantitative estimate of drug-likeness (QED) is 0.813. The highest BCUT2D eigenvalue weighted by Crippen LogP contribution is 2.25. The van der Waals surface area contributed by atoms with Crippen molar-refractivity contribution in [1.82, 2.24) is 0 Å². The lowest BCUT2D eigenvalue weighted by atomic mass is 9.88. The minimum Gasteiger partial charge on any atom is -0.444 e. The van der Waals surface area contributed by atoms with Gasteiger partial charge in [-0.3, -0.25) is 0 Å². The van der Waals surface area contributed by atoms with Gasteiger partial charge in [-0.15, -0.1) is 0 Å². The fraction of sp³-hybridized carbons (Fsp3) is 0.350. The van der Waals surface area contributed by atoms with Gasteiger partial charge >= 0.3 is 6.09 Å². The van der Waals surface area contributed by atoms with E-state index in [9.17, 15) is 9.90 Å². The summed E-state index contributed by atoms with van der Waals surface area (Å²) in [6, 6.07) is 18.5. The van der Waals surface area contributed by atoms with Crippen LogP contribution in [-0.4, -0.2) is 23.4 Å². The van der Waals surface area contributed by atoms with E-state index in [1.54, 1.807) is 13.8 Å². The van der Waals surface area contributed by atoms with Gasteiger partial charge in [-0.05, 0) is 49.3 Å². The van der Waals surface area contributed by atoms with Gasteiger partial charge in [0, 0.05) is 6.61 Å². The number of rotatable bonds is 7. The molecule has 1 atom stereocenters. The topological polar surface area (TPSA) is 72.6 Å². The van der Waals surface area contributed by atoms with Gasteiger partial charge < -0.3 is 15.6 Å². The molecule has 0 heterocycles. The van der Waals surface area contributed by atoms with E-state index in [4.69, 9.17) is 10.5 Å². The molecule has 3 N–H and O–H groups in total. The molecule has 1 amide bonds. The number of ether oxygens (including phenoxy) is 1. The van der Waals surface area contributed by atoms with Crippen molar-refractivity contribution in [3.8, 4) is 11.1 Å². The predicted molar refractivity (Wildman–Crippen MR) is 95.5 cm³/mol. The lowest BCUT2D eigenvalue weighted by molar-refractivity contribution is 0.0185. The van der Waals surface area contributed by atoms with E-state index >= 15 is 0 Å². The van der Waals surface area contributed by atoms with Gasteiger partial charge in [0.25, 0.3) is 0 Å². The number of benzene rings is 2. The first-order valence-corrected chi connectivity index (χ1v) is 8.13. The molecule has 4 nitrogen and oxygen atoms in total. The van der Waals surface area contributed by atoms with Crippen LogP contribution in [0.25, 0.3) is 11.1 Å². The van der Waals surface area contributed by atoms with Crippen molar-refractivity contribution < 1.29 is 14.6 Å². The Morgan fingerprint density at radius 1 is 1.08 bits per heavy atom. The van der Waals surface area contributed by atoms with Gasteiger partial charge in [-0.1, -0.05) is 54.6 Å². The maximum Gasteiger partial charge on any atom is 0.405 e. The molecule has 0 bridgehead atoms. The average Bonchev–Trinajstić information content (AvgIpc) is 2.54. The van der Waals surface area contributed by atoms with Crippen LogP contribution in [0.3, 0.4) is 0 Å². The Labute approximate surface area is 143 Å². The maximum absolute atomic E-state index is 11.0. The molecule has 0 saturated carbocycles. The van der Waals surface area contributed by atoms with Crippen LogP contribution < -0.4 is 5.73 Å². The normalized spacial score (nSPS) is 12.6. The van der Waals surface area contributed by atoms with Gasteiger partial charge in [0.1, 0.15) is 5.60 Å². The van der Waals surface area contributed by atoms with Crippen molar-refractivity contribution in [2.24, 2.45) is 11.7 Å². The van der Waals surface area contributed by atoms with E-state index in [0.29, 0.717) is 6.42 Å². The summed E-state index contributed by atoms with van der Waals surface area (Å²) in [5.74, 6) is 0.00178. The minimum absolute atomic E-state index is 0.00178. The minimum atomic E-state index is -0.788. The third-order valence-electron chi connectivity index (χ3n) is 4.00. The van der Waals surface area contributed by atoms with Gasteiger partial charge in [0.15, 0.2) is 0 Å². The molecule has 2 aromatic rings. The van der Waals surface area contributed by atoms with E-state index in [0.717, 1.165) is 17.5 Å². The van der Waals surface area contributed by atoms with E-state index in [-0.39, 0.29) is 12.5 Å². The van der Waals surface area contributed by atoms with Gasteiger partial charge in [0.05, 0.1) is 0 Å². The fourth-order valence-corrected chi connectivity index (χ4v) is 3.01. The third-order valence-corrected chi connectivity index (χ3v) is 4.00. The number of carbonyl (C=O) groups excluding carboxylic acids is 1. The van der Waals surface area contributed by atoms with Crippen molar-refractivity contribution in [3.05, 3.63) is 60.2 Å². The second-order valence-corrected chi connectivity index (χ2v) is 6.70. The van der Waals surface area contributed by atoms with Crippen molar-refractivity contribution in [2.75, 3.05) is 6.61 Å². The second-order valence-electron chi connectivity index (χ2n) is 6.70. The number of nitrogens with two attached hydrogens (primary N) is 1. The Kier molecular flexibility index (Phi) is 5.99. The number of hydrogen-bond donors (Lipinski definition) is 2. The molecule has 2 aromatic carbocycles. The third kappa shape index (κ3) is 5.39. The molecule has 2 rings (SSSR count). The molecular formula is C20H25NO3. The summed E-state index contributed by atoms with van der Waals surface area (Å²) >= 11 is 0. The number of aliphatic hydroxyl groups is 1. The van der Waals surface area contributed by atoms with Crippen LogP contribution in [-0.2, 0) is 11.2 Å². The molecule has 0 aliphatic heterocycles. The Morgan fingerprint density at radius 3 is 2.21 bits per heavy atom. The summed E-state index contributed by atoms with van der Waals surface area (Å²) < 4.78 is 5.11. The van der Waals surface area contributed by atoms with E-state index in [1.165, 1.54) is 5.56 Å². The first kappa shape index (κ1) is 18.0. The summed E-state index contributed by atoms with van der Waals surface area (Å²) in [5, 5.41) is 9.65. The summed E-state index contributed by atoms with van der Waals surface area (Å²) in [5.41, 5.74) is 7.89. The monoisotopic (exact) mass is 327 g/mol. The van der Waals surface area contributed by atoms with Crippen molar-refractivity contribution in [1.29, 1.82) is 0 Å². The van der Waals surface area contributed by atoms with Crippen LogP contribution in [0.5, 0.6) is 0 Å². The molecule has 0 aliphatic rings. The van der Waals surface area contributed by atoms with Crippen LogP contribution in [0.4, 0.5) is 4.79 Å². The van der Waals surface area contributed by atoms with Gasteiger partial charge in [-0.2, -0.15) is 0 Å². The van der Waals surface area contributed by atoms with Crippen molar-refractivity contribution in [3.63, 3.8) is 0 Å². The summed E-state index contributed by atoms with van der Waals surface area (Å²) in [6.07, 6.45) is 0.480. The predicted octanol–water partition coefficient (Wildman–Crippen LogP) is 3.77. The highest BCUT2D eigenvalue weighted by atomic mass is 16.6. The number of carbonyl (C=O) groups is 1. The van der Waals surface area contributed by atoms with Crippen LogP contribution >= 0.6 is 0 Å². The molecule has 4 heteroatoms. The maximum atomic E-state index is 11.0. The highest BCUT2D eigenvalue weighted by molar-refractivity contribution is 5.65. The van der Waals surface area contributed by atoms with E-state index in [2.05, 4.69) is 36.4 Å². The zero-order chi connectivity index (χ0) is 17.6. The molecule has 0 saturated heterocycles. The summed E-state index contributed by atoms with van der Waals surface area (Å²) in [6.45, 7) is 3.64. The molecule has 24 heavy (non-hydrogen) atoms. The number of primary amides is 1. The average molecular weight is 327 g/mol. The zero-order valence-electron chi connectivity index (χ0n) is 14.2. The number of aliphatic hydroxyl groups excluding tert-OH is 1. The smallest absolute Gasteiger partial charge is 0.405 e. The second kappa shape index (κ2) is 7.97. The van der Waals surface area contributed by atoms with Crippen molar-refractivity contribution >= 4 is 6.09 Å². The van der Waals surface area contributed by atoms with Crippen LogP contribution in [0.15, 0.2) is 54.6 Å². The Morgan fingerprint density at radius 2 is 1.67 bits per heavy atom. The molecule has 0 aromatic heterocycles. The first-order valence-electron chi connectivity index (χ1n) is 8.13. The number of amides is 1. The molecule has 0 radical (unpaired) electrons. The summed E-state index contributed by atoms with van der Waals surface area (Å²) in [4.78, 5) is 11.0. The fourth-order valence-electron chi connectivity index (χ4n) is 3.01. The SMILES string of the molecule is CC(C)(C[C@H](CO)Cc1ccc(-c2ccccc2)cc1)OC(N)=O. The standard InChI is InChI=1S/C20H25NO3/c1-20(2,24-19(21)23)13-16(14-22)12-15-8-10-18(11-9-15)17-6-4-3-5-7-17/h3-11,16,22H,12-14H2,1-2H3,(H2,21,23)/t16-/m1/s1. The van der Waals surface area contributed by atoms with E-state index < -0.39 is 11.7 Å². The molecule has 0 aliphatic carbocycles. The Bertz CT molecular complexity index is 650. The Hall–Kier alpha value is -2.33. The van der Waals surface area contributed by atoms with Crippen molar-refractivity contribution in [2.45, 2.75) is 32.3 Å². The van der Waals surface area contributed by atoms with E-state index in [1.807, 2.05) is 18.2 Å². The largest absolute Gasteiger partial charge is 0.444 e. The molecule has 0 spiro atoms. The first-order chi connectivity index (χ1) is 11.4. The van der Waals surface area contributed by atoms with Gasteiger partial charge in [-0.25, -0.2) is 4.79 Å². The molecule has 0 unspecified atom stereocenters. The van der Waals surface area contributed by atoms with Crippen LogP contribution in [0, 0.1) is 5.92 Å². The Balaban J connectivity index is 2.02. The van der Waals surface area contributed by atoms with Crippen LogP contribution in [0.2, 0.25) is 0 Å². The lowest BCUT2D eigenvalue weighted by Crippen LogP contribution is -2.34. The van der Waals surface area contributed by atoms with Gasteiger partial charge in [0.2, 0.25) is 0 Å². The van der Waals surface area contributed by atoms with Crippen LogP contribution in [0.1, 0.15) is 25.8 Å². The molecule has 0 fully saturated rings.